The van der Waals surface area contributed by atoms with Gasteiger partial charge < -0.3 is 9.47 Å². The lowest BCUT2D eigenvalue weighted by Gasteiger charge is -2.11. The summed E-state index contributed by atoms with van der Waals surface area (Å²) in [6.45, 7) is 3.85. The first kappa shape index (κ1) is 17.8. The van der Waals surface area contributed by atoms with Crippen LogP contribution in [0.5, 0.6) is 0 Å². The number of ether oxygens (including phenoxy) is 2. The van der Waals surface area contributed by atoms with Gasteiger partial charge in [0, 0.05) is 12.5 Å². The van der Waals surface area contributed by atoms with Crippen molar-refractivity contribution in [2.45, 2.75) is 26.9 Å². The zero-order chi connectivity index (χ0) is 16.5. The lowest BCUT2D eigenvalue weighted by molar-refractivity contribution is -0.386. The Balaban J connectivity index is 2.43. The molecule has 1 atom stereocenters. The summed E-state index contributed by atoms with van der Waals surface area (Å²) in [4.78, 5) is 33.1. The molecule has 7 heteroatoms. The summed E-state index contributed by atoms with van der Waals surface area (Å²) in [6, 6.07) is 6.31. The zero-order valence-electron chi connectivity index (χ0n) is 12.6. The van der Waals surface area contributed by atoms with Crippen molar-refractivity contribution in [2.24, 2.45) is 5.92 Å². The highest BCUT2D eigenvalue weighted by Crippen LogP contribution is 2.18. The number of nitrogens with zero attached hydrogens (tertiary/aromatic N) is 1. The molecule has 0 fully saturated rings. The maximum absolute atomic E-state index is 11.5. The Morgan fingerprint density at radius 2 is 2.00 bits per heavy atom. The van der Waals surface area contributed by atoms with Gasteiger partial charge in [-0.1, -0.05) is 19.1 Å². The van der Waals surface area contributed by atoms with E-state index in [0.29, 0.717) is 5.56 Å². The number of rotatable bonds is 9. The average Bonchev–Trinajstić information content (AvgIpc) is 2.47. The zero-order valence-corrected chi connectivity index (χ0v) is 12.6. The maximum Gasteiger partial charge on any atom is 0.374 e. The predicted octanol–water partition coefficient (Wildman–Crippen LogP) is 2.27. The Hall–Kier alpha value is -2.28. The van der Waals surface area contributed by atoms with Crippen molar-refractivity contribution in [3.05, 3.63) is 39.9 Å². The average molecular weight is 309 g/mol. The molecule has 0 aliphatic heterocycles. The van der Waals surface area contributed by atoms with Gasteiger partial charge in [-0.2, -0.15) is 0 Å². The predicted molar refractivity (Wildman–Crippen MR) is 78.2 cm³/mol. The van der Waals surface area contributed by atoms with Crippen molar-refractivity contribution in [2.75, 3.05) is 13.2 Å². The summed E-state index contributed by atoms with van der Waals surface area (Å²) < 4.78 is 10.0. The van der Waals surface area contributed by atoms with E-state index < -0.39 is 16.7 Å². The largest absolute Gasteiger partial charge is 0.460 e. The third-order valence-corrected chi connectivity index (χ3v) is 2.89. The summed E-state index contributed by atoms with van der Waals surface area (Å²) in [5, 5.41) is 10.9. The fourth-order valence-corrected chi connectivity index (χ4v) is 1.85. The van der Waals surface area contributed by atoms with Crippen LogP contribution >= 0.6 is 0 Å². The number of nitro benzene ring substituents is 1. The molecule has 0 heterocycles. The van der Waals surface area contributed by atoms with E-state index in [0.717, 1.165) is 0 Å². The second-order valence-electron chi connectivity index (χ2n) is 4.85. The fourth-order valence-electron chi connectivity index (χ4n) is 1.85. The summed E-state index contributed by atoms with van der Waals surface area (Å²) in [6.07, 6.45) is 0.0235. The molecule has 1 aromatic rings. The number of carbonyl (C=O) groups excluding carboxylic acids is 2. The molecule has 120 valence electrons. The number of nitro groups is 1. The molecule has 1 rings (SSSR count). The van der Waals surface area contributed by atoms with E-state index in [1.807, 2.05) is 0 Å². The fraction of sp³-hybridized carbons (Fsp3) is 0.467. The minimum absolute atomic E-state index is 0.00208. The van der Waals surface area contributed by atoms with Crippen LogP contribution in [0, 0.1) is 16.0 Å². The van der Waals surface area contributed by atoms with Crippen LogP contribution in [0.1, 0.15) is 25.8 Å². The van der Waals surface area contributed by atoms with Crippen molar-refractivity contribution < 1.29 is 24.0 Å². The lowest BCUT2D eigenvalue weighted by Crippen LogP contribution is -2.21. The molecule has 0 saturated heterocycles. The number of para-hydroxylation sites is 1. The van der Waals surface area contributed by atoms with Crippen LogP contribution in [0.3, 0.4) is 0 Å². The van der Waals surface area contributed by atoms with Gasteiger partial charge in [-0.3, -0.25) is 14.9 Å². The minimum Gasteiger partial charge on any atom is -0.460 e. The van der Waals surface area contributed by atoms with Crippen molar-refractivity contribution in [3.63, 3.8) is 0 Å². The maximum atomic E-state index is 11.5. The van der Waals surface area contributed by atoms with E-state index in [1.54, 1.807) is 32.0 Å². The second-order valence-corrected chi connectivity index (χ2v) is 4.85. The molecule has 0 saturated carbocycles. The Morgan fingerprint density at radius 3 is 2.64 bits per heavy atom. The third kappa shape index (κ3) is 5.61. The van der Waals surface area contributed by atoms with E-state index in [1.165, 1.54) is 6.07 Å². The molecule has 7 nitrogen and oxygen atoms in total. The number of ketones is 1. The molecular weight excluding hydrogens is 290 g/mol. The Bertz CT molecular complexity index is 543. The van der Waals surface area contributed by atoms with Crippen LogP contribution in [0.4, 0.5) is 5.69 Å². The summed E-state index contributed by atoms with van der Waals surface area (Å²) in [5.74, 6) is -1.61. The van der Waals surface area contributed by atoms with Gasteiger partial charge in [0.25, 0.3) is 5.69 Å². The van der Waals surface area contributed by atoms with Crippen LogP contribution in [-0.4, -0.2) is 29.9 Å². The van der Waals surface area contributed by atoms with Crippen LogP contribution in [0.2, 0.25) is 0 Å². The Morgan fingerprint density at radius 1 is 1.32 bits per heavy atom. The van der Waals surface area contributed by atoms with Crippen LogP contribution in [-0.2, 0) is 25.7 Å². The van der Waals surface area contributed by atoms with Crippen LogP contribution < -0.4 is 0 Å². The van der Waals surface area contributed by atoms with Gasteiger partial charge in [0.2, 0.25) is 5.78 Å². The lowest BCUT2D eigenvalue weighted by atomic mass is 10.1. The smallest absolute Gasteiger partial charge is 0.374 e. The minimum atomic E-state index is -0.840. The number of Topliss-reactive ketones (excluding diaryl/α,β-unsaturated/α-hetero) is 1. The summed E-state index contributed by atoms with van der Waals surface area (Å²) in [5.41, 5.74) is 0.467. The Labute approximate surface area is 128 Å². The number of hydrogen-bond acceptors (Lipinski definition) is 6. The van der Waals surface area contributed by atoms with Gasteiger partial charge >= 0.3 is 5.97 Å². The molecule has 0 spiro atoms. The van der Waals surface area contributed by atoms with E-state index >= 15 is 0 Å². The molecule has 0 aliphatic rings. The standard InChI is InChI=1S/C15H19NO6/c1-3-22-15(18)14(17)8-11(2)9-21-10-12-6-4-5-7-13(12)16(19)20/h4-7,11H,3,8-10H2,1-2H3/t11-/m1/s1. The summed E-state index contributed by atoms with van der Waals surface area (Å²) in [7, 11) is 0. The van der Waals surface area contributed by atoms with Gasteiger partial charge in [0.05, 0.1) is 30.3 Å². The number of esters is 1. The van der Waals surface area contributed by atoms with Gasteiger partial charge in [-0.15, -0.1) is 0 Å². The van der Waals surface area contributed by atoms with Crippen molar-refractivity contribution in [1.29, 1.82) is 0 Å². The first-order valence-electron chi connectivity index (χ1n) is 6.95. The first-order valence-corrected chi connectivity index (χ1v) is 6.95. The SMILES string of the molecule is CCOC(=O)C(=O)C[C@@H](C)COCc1ccccc1[N+](=O)[O-]. The number of hydrogen-bond donors (Lipinski definition) is 0. The quantitative estimate of drug-likeness (QED) is 0.300. The topological polar surface area (TPSA) is 95.7 Å². The van der Waals surface area contributed by atoms with E-state index in [-0.39, 0.29) is 37.8 Å². The van der Waals surface area contributed by atoms with E-state index in [2.05, 4.69) is 4.74 Å². The summed E-state index contributed by atoms with van der Waals surface area (Å²) >= 11 is 0. The normalized spacial score (nSPS) is 11.7. The molecule has 0 aliphatic carbocycles. The van der Waals surface area contributed by atoms with Crippen molar-refractivity contribution in [1.82, 2.24) is 0 Å². The highest BCUT2D eigenvalue weighted by Gasteiger charge is 2.19. The van der Waals surface area contributed by atoms with Gasteiger partial charge in [0.15, 0.2) is 0 Å². The molecule has 0 aromatic heterocycles. The monoisotopic (exact) mass is 309 g/mol. The third-order valence-electron chi connectivity index (χ3n) is 2.89. The second kappa shape index (κ2) is 8.89. The molecule has 1 aromatic carbocycles. The molecule has 0 unspecified atom stereocenters. The van der Waals surface area contributed by atoms with Gasteiger partial charge in [0.1, 0.15) is 0 Å². The van der Waals surface area contributed by atoms with Crippen LogP contribution in [0.15, 0.2) is 24.3 Å². The van der Waals surface area contributed by atoms with Gasteiger partial charge in [-0.05, 0) is 18.9 Å². The Kier molecular flexibility index (Phi) is 7.18. The van der Waals surface area contributed by atoms with E-state index in [4.69, 9.17) is 4.74 Å². The highest BCUT2D eigenvalue weighted by molar-refractivity contribution is 6.33. The molecule has 0 radical (unpaired) electrons. The molecule has 0 N–H and O–H groups in total. The van der Waals surface area contributed by atoms with E-state index in [9.17, 15) is 19.7 Å². The molecule has 0 bridgehead atoms. The molecule has 22 heavy (non-hydrogen) atoms. The van der Waals surface area contributed by atoms with Crippen molar-refractivity contribution in [3.8, 4) is 0 Å². The highest BCUT2D eigenvalue weighted by atomic mass is 16.6. The molecule has 0 amide bonds. The number of carbonyl (C=O) groups is 2. The van der Waals surface area contributed by atoms with Crippen molar-refractivity contribution >= 4 is 17.4 Å². The molecular formula is C15H19NO6. The first-order chi connectivity index (χ1) is 10.5. The number of benzene rings is 1. The van der Waals surface area contributed by atoms with Gasteiger partial charge in [-0.25, -0.2) is 4.79 Å². The van der Waals surface area contributed by atoms with Crippen LogP contribution in [0.25, 0.3) is 0 Å².